The highest BCUT2D eigenvalue weighted by Crippen LogP contribution is 2.21. The first-order valence-corrected chi connectivity index (χ1v) is 7.06. The Balaban J connectivity index is 1.81. The Hall–Kier alpha value is -1.92. The van der Waals surface area contributed by atoms with Gasteiger partial charge in [-0.3, -0.25) is 0 Å². The lowest BCUT2D eigenvalue weighted by atomic mass is 10.1. The van der Waals surface area contributed by atoms with Crippen LogP contribution in [0.25, 0.3) is 10.6 Å². The second-order valence-corrected chi connectivity index (χ2v) is 4.91. The standard InChI is InChI=1S/C14H16N2O3S/c1-18-7-8-19-14(17)16-10-11-2-4-12(5-3-11)13-15-6-9-20-13/h2-6,9H,7-8,10H2,1H3,(H,16,17). The number of methoxy groups -OCH3 is 1. The third-order valence-corrected chi connectivity index (χ3v) is 3.41. The molecule has 1 aromatic carbocycles. The van der Waals surface area contributed by atoms with Gasteiger partial charge in [0.2, 0.25) is 0 Å². The molecule has 0 unspecified atom stereocenters. The van der Waals surface area contributed by atoms with E-state index in [2.05, 4.69) is 10.3 Å². The van der Waals surface area contributed by atoms with Crippen LogP contribution < -0.4 is 5.32 Å². The Bertz CT molecular complexity index is 526. The number of nitrogens with one attached hydrogen (secondary N) is 1. The molecular weight excluding hydrogens is 276 g/mol. The molecule has 1 aromatic heterocycles. The van der Waals surface area contributed by atoms with Crippen molar-refractivity contribution in [2.75, 3.05) is 20.3 Å². The van der Waals surface area contributed by atoms with Gasteiger partial charge in [0.1, 0.15) is 11.6 Å². The molecule has 0 bridgehead atoms. The third-order valence-electron chi connectivity index (χ3n) is 2.59. The Morgan fingerprint density at radius 2 is 2.10 bits per heavy atom. The summed E-state index contributed by atoms with van der Waals surface area (Å²) in [6.07, 6.45) is 1.34. The average Bonchev–Trinajstić information content (AvgIpc) is 3.00. The zero-order valence-corrected chi connectivity index (χ0v) is 12.0. The third kappa shape index (κ3) is 4.32. The summed E-state index contributed by atoms with van der Waals surface area (Å²) in [5.74, 6) is 0. The number of carbonyl (C=O) groups is 1. The summed E-state index contributed by atoms with van der Waals surface area (Å²) < 4.78 is 9.70. The molecule has 0 spiro atoms. The molecule has 2 rings (SSSR count). The molecule has 0 aliphatic heterocycles. The number of benzene rings is 1. The molecule has 0 radical (unpaired) electrons. The number of hydrogen-bond acceptors (Lipinski definition) is 5. The van der Waals surface area contributed by atoms with Crippen molar-refractivity contribution in [3.63, 3.8) is 0 Å². The minimum Gasteiger partial charge on any atom is -0.447 e. The summed E-state index contributed by atoms with van der Waals surface area (Å²) >= 11 is 1.60. The summed E-state index contributed by atoms with van der Waals surface area (Å²) in [6.45, 7) is 1.09. The number of carbonyl (C=O) groups excluding carboxylic acids is 1. The molecule has 106 valence electrons. The molecule has 2 aromatic rings. The number of nitrogens with zero attached hydrogens (tertiary/aromatic N) is 1. The van der Waals surface area contributed by atoms with Gasteiger partial charge < -0.3 is 14.8 Å². The quantitative estimate of drug-likeness (QED) is 0.832. The van der Waals surface area contributed by atoms with E-state index in [0.717, 1.165) is 16.1 Å². The van der Waals surface area contributed by atoms with Crippen LogP contribution in [0.2, 0.25) is 0 Å². The van der Waals surface area contributed by atoms with E-state index in [1.807, 2.05) is 29.6 Å². The lowest BCUT2D eigenvalue weighted by Gasteiger charge is -2.07. The lowest BCUT2D eigenvalue weighted by Crippen LogP contribution is -2.25. The monoisotopic (exact) mass is 292 g/mol. The van der Waals surface area contributed by atoms with Gasteiger partial charge in [-0.25, -0.2) is 9.78 Å². The van der Waals surface area contributed by atoms with Crippen molar-refractivity contribution in [3.8, 4) is 10.6 Å². The number of amides is 1. The Morgan fingerprint density at radius 3 is 2.75 bits per heavy atom. The Kier molecular flexibility index (Phi) is 5.52. The van der Waals surface area contributed by atoms with Gasteiger partial charge in [-0.1, -0.05) is 24.3 Å². The van der Waals surface area contributed by atoms with E-state index in [1.54, 1.807) is 24.6 Å². The molecule has 20 heavy (non-hydrogen) atoms. The first kappa shape index (κ1) is 14.5. The average molecular weight is 292 g/mol. The van der Waals surface area contributed by atoms with Crippen LogP contribution >= 0.6 is 11.3 Å². The summed E-state index contributed by atoms with van der Waals surface area (Å²) in [5, 5.41) is 5.62. The molecule has 0 aliphatic carbocycles. The van der Waals surface area contributed by atoms with Crippen LogP contribution in [0, 0.1) is 0 Å². The van der Waals surface area contributed by atoms with Crippen LogP contribution in [-0.2, 0) is 16.0 Å². The Labute approximate surface area is 121 Å². The van der Waals surface area contributed by atoms with Gasteiger partial charge in [0.05, 0.1) is 6.61 Å². The fourth-order valence-electron chi connectivity index (χ4n) is 1.57. The van der Waals surface area contributed by atoms with E-state index in [4.69, 9.17) is 9.47 Å². The van der Waals surface area contributed by atoms with Crippen molar-refractivity contribution in [3.05, 3.63) is 41.4 Å². The van der Waals surface area contributed by atoms with Crippen LogP contribution in [0.1, 0.15) is 5.56 Å². The Morgan fingerprint density at radius 1 is 1.30 bits per heavy atom. The maximum absolute atomic E-state index is 11.3. The van der Waals surface area contributed by atoms with Crippen molar-refractivity contribution in [2.24, 2.45) is 0 Å². The molecule has 5 nitrogen and oxygen atoms in total. The van der Waals surface area contributed by atoms with Crippen LogP contribution in [0.15, 0.2) is 35.8 Å². The van der Waals surface area contributed by atoms with Crippen molar-refractivity contribution < 1.29 is 14.3 Å². The van der Waals surface area contributed by atoms with E-state index < -0.39 is 6.09 Å². The minimum absolute atomic E-state index is 0.255. The second-order valence-electron chi connectivity index (χ2n) is 4.02. The number of rotatable bonds is 6. The van der Waals surface area contributed by atoms with E-state index >= 15 is 0 Å². The van der Waals surface area contributed by atoms with Gasteiger partial charge in [0, 0.05) is 30.8 Å². The van der Waals surface area contributed by atoms with Crippen LogP contribution in [0.4, 0.5) is 4.79 Å². The summed E-state index contributed by atoms with van der Waals surface area (Å²) in [6, 6.07) is 7.91. The summed E-state index contributed by atoms with van der Waals surface area (Å²) in [7, 11) is 1.56. The smallest absolute Gasteiger partial charge is 0.407 e. The fraction of sp³-hybridized carbons (Fsp3) is 0.286. The molecule has 0 fully saturated rings. The molecule has 1 N–H and O–H groups in total. The molecule has 0 saturated carbocycles. The molecule has 0 aliphatic rings. The largest absolute Gasteiger partial charge is 0.447 e. The number of aromatic nitrogens is 1. The summed E-state index contributed by atoms with van der Waals surface area (Å²) in [4.78, 5) is 15.6. The van der Waals surface area contributed by atoms with Crippen molar-refractivity contribution in [2.45, 2.75) is 6.54 Å². The van der Waals surface area contributed by atoms with Crippen molar-refractivity contribution in [1.29, 1.82) is 0 Å². The highest BCUT2D eigenvalue weighted by molar-refractivity contribution is 7.13. The first-order chi connectivity index (χ1) is 9.79. The van der Waals surface area contributed by atoms with Gasteiger partial charge >= 0.3 is 6.09 Å². The van der Waals surface area contributed by atoms with E-state index in [1.165, 1.54) is 0 Å². The zero-order chi connectivity index (χ0) is 14.2. The number of alkyl carbamates (subject to hydrolysis) is 1. The van der Waals surface area contributed by atoms with Crippen LogP contribution in [0.5, 0.6) is 0 Å². The fourth-order valence-corrected chi connectivity index (χ4v) is 2.22. The highest BCUT2D eigenvalue weighted by Gasteiger charge is 2.03. The van der Waals surface area contributed by atoms with E-state index in [0.29, 0.717) is 13.2 Å². The second kappa shape index (κ2) is 7.62. The van der Waals surface area contributed by atoms with Gasteiger partial charge in [0.15, 0.2) is 0 Å². The van der Waals surface area contributed by atoms with Crippen molar-refractivity contribution in [1.82, 2.24) is 10.3 Å². The SMILES string of the molecule is COCCOC(=O)NCc1ccc(-c2nccs2)cc1. The van der Waals surface area contributed by atoms with Crippen LogP contribution in [0.3, 0.4) is 0 Å². The molecule has 6 heteroatoms. The summed E-state index contributed by atoms with van der Waals surface area (Å²) in [5.41, 5.74) is 2.08. The van der Waals surface area contributed by atoms with Crippen LogP contribution in [-0.4, -0.2) is 31.4 Å². The number of ether oxygens (including phenoxy) is 2. The molecule has 1 heterocycles. The number of thiazole rings is 1. The van der Waals surface area contributed by atoms with Gasteiger partial charge in [-0.2, -0.15) is 0 Å². The molecule has 0 atom stereocenters. The predicted octanol–water partition coefficient (Wildman–Crippen LogP) is 2.68. The molecular formula is C14H16N2O3S. The molecule has 1 amide bonds. The van der Waals surface area contributed by atoms with Gasteiger partial charge in [0.25, 0.3) is 0 Å². The van der Waals surface area contributed by atoms with Gasteiger partial charge in [-0.15, -0.1) is 11.3 Å². The van der Waals surface area contributed by atoms with Crippen molar-refractivity contribution >= 4 is 17.4 Å². The maximum Gasteiger partial charge on any atom is 0.407 e. The predicted molar refractivity (Wildman–Crippen MR) is 77.6 cm³/mol. The van der Waals surface area contributed by atoms with E-state index in [-0.39, 0.29) is 6.61 Å². The minimum atomic E-state index is -0.439. The van der Waals surface area contributed by atoms with E-state index in [9.17, 15) is 4.79 Å². The molecule has 0 saturated heterocycles. The highest BCUT2D eigenvalue weighted by atomic mass is 32.1. The topological polar surface area (TPSA) is 60.5 Å². The maximum atomic E-state index is 11.3. The number of hydrogen-bond donors (Lipinski definition) is 1. The lowest BCUT2D eigenvalue weighted by molar-refractivity contribution is 0.0983. The van der Waals surface area contributed by atoms with Gasteiger partial charge in [-0.05, 0) is 5.56 Å². The zero-order valence-electron chi connectivity index (χ0n) is 11.2. The normalized spacial score (nSPS) is 10.2. The first-order valence-electron chi connectivity index (χ1n) is 6.18.